The van der Waals surface area contributed by atoms with Gasteiger partial charge in [-0.2, -0.15) is 5.10 Å². The van der Waals surface area contributed by atoms with Crippen LogP contribution < -0.4 is 19.6 Å². The fourth-order valence-electron chi connectivity index (χ4n) is 2.07. The summed E-state index contributed by atoms with van der Waals surface area (Å²) in [6, 6.07) is 10.8. The minimum atomic E-state index is -0.369. The van der Waals surface area contributed by atoms with E-state index in [1.54, 1.807) is 39.3 Å². The van der Waals surface area contributed by atoms with Crippen LogP contribution in [0.3, 0.4) is 0 Å². The molecule has 0 heterocycles. The molecule has 0 saturated carbocycles. The van der Waals surface area contributed by atoms with Crippen LogP contribution in [0.15, 0.2) is 50.4 Å². The Kier molecular flexibility index (Phi) is 7.47. The van der Waals surface area contributed by atoms with Crippen LogP contribution in [0, 0.1) is 0 Å². The van der Waals surface area contributed by atoms with E-state index in [-0.39, 0.29) is 12.5 Å². The number of carbonyl (C=O) groups excluding carboxylic acids is 1. The third-order valence-electron chi connectivity index (χ3n) is 3.40. The van der Waals surface area contributed by atoms with Gasteiger partial charge in [0.25, 0.3) is 5.91 Å². The summed E-state index contributed by atoms with van der Waals surface area (Å²) in [4.78, 5) is 12.0. The van der Waals surface area contributed by atoms with Gasteiger partial charge in [-0.15, -0.1) is 0 Å². The first-order valence-electron chi connectivity index (χ1n) is 7.58. The highest BCUT2D eigenvalue weighted by atomic mass is 79.9. The Morgan fingerprint density at radius 3 is 2.50 bits per heavy atom. The van der Waals surface area contributed by atoms with E-state index in [9.17, 15) is 4.79 Å². The molecule has 0 atom stereocenters. The maximum atomic E-state index is 12.0. The first-order valence-corrected chi connectivity index (χ1v) is 9.16. The van der Waals surface area contributed by atoms with Crippen LogP contribution in [0.2, 0.25) is 0 Å². The summed E-state index contributed by atoms with van der Waals surface area (Å²) in [7, 11) is 3.15. The smallest absolute Gasteiger partial charge is 0.277 e. The van der Waals surface area contributed by atoms with Crippen molar-refractivity contribution in [3.05, 3.63) is 50.9 Å². The lowest BCUT2D eigenvalue weighted by Gasteiger charge is -2.10. The molecular formula is C18H18Br2N2O4. The molecule has 2 rings (SSSR count). The predicted octanol–water partition coefficient (Wildman–Crippen LogP) is 4.15. The number of hydrogen-bond donors (Lipinski definition) is 1. The highest BCUT2D eigenvalue weighted by Gasteiger charge is 2.10. The molecule has 6 nitrogen and oxygen atoms in total. The summed E-state index contributed by atoms with van der Waals surface area (Å²) in [6.45, 7) is 1.62. The number of benzene rings is 2. The van der Waals surface area contributed by atoms with Gasteiger partial charge < -0.3 is 14.2 Å². The second-order valence-electron chi connectivity index (χ2n) is 5.16. The molecule has 0 aromatic heterocycles. The molecule has 0 saturated heterocycles. The van der Waals surface area contributed by atoms with E-state index in [2.05, 4.69) is 42.4 Å². The molecule has 1 N–H and O–H groups in total. The lowest BCUT2D eigenvalue weighted by molar-refractivity contribution is -0.123. The van der Waals surface area contributed by atoms with Gasteiger partial charge in [-0.3, -0.25) is 4.79 Å². The number of rotatable bonds is 7. The topological polar surface area (TPSA) is 69.2 Å². The van der Waals surface area contributed by atoms with E-state index >= 15 is 0 Å². The lowest BCUT2D eigenvalue weighted by Crippen LogP contribution is -2.25. The Hall–Kier alpha value is -2.06. The average molecular weight is 486 g/mol. The van der Waals surface area contributed by atoms with Crippen molar-refractivity contribution < 1.29 is 19.0 Å². The highest BCUT2D eigenvalue weighted by molar-refractivity contribution is 9.11. The quantitative estimate of drug-likeness (QED) is 0.472. The fourth-order valence-corrected chi connectivity index (χ4v) is 3.23. The molecule has 2 aromatic rings. The van der Waals surface area contributed by atoms with E-state index in [4.69, 9.17) is 14.2 Å². The van der Waals surface area contributed by atoms with Crippen molar-refractivity contribution in [2.24, 2.45) is 5.10 Å². The maximum absolute atomic E-state index is 12.0. The molecule has 138 valence electrons. The average Bonchev–Trinajstić information content (AvgIpc) is 2.64. The second kappa shape index (κ2) is 9.59. The number of ether oxygens (including phenoxy) is 3. The fraction of sp³-hybridized carbons (Fsp3) is 0.222. The Balaban J connectivity index is 1.98. The summed E-state index contributed by atoms with van der Waals surface area (Å²) in [5.41, 5.74) is 3.83. The van der Waals surface area contributed by atoms with Gasteiger partial charge in [0.2, 0.25) is 0 Å². The van der Waals surface area contributed by atoms with Crippen LogP contribution in [0.25, 0.3) is 0 Å². The Morgan fingerprint density at radius 1 is 1.08 bits per heavy atom. The van der Waals surface area contributed by atoms with Gasteiger partial charge in [0, 0.05) is 16.1 Å². The van der Waals surface area contributed by atoms with Crippen molar-refractivity contribution in [3.8, 4) is 17.2 Å². The van der Waals surface area contributed by atoms with Crippen LogP contribution in [0.5, 0.6) is 17.2 Å². The summed E-state index contributed by atoms with van der Waals surface area (Å²) in [5.74, 6) is 1.48. The molecule has 26 heavy (non-hydrogen) atoms. The summed E-state index contributed by atoms with van der Waals surface area (Å²) in [6.07, 6.45) is 0. The zero-order valence-corrected chi connectivity index (χ0v) is 17.7. The first kappa shape index (κ1) is 20.3. The Bertz CT molecular complexity index is 825. The summed E-state index contributed by atoms with van der Waals surface area (Å²) in [5, 5.41) is 4.10. The lowest BCUT2D eigenvalue weighted by atomic mass is 10.1. The van der Waals surface area contributed by atoms with Gasteiger partial charge in [-0.25, -0.2) is 5.43 Å². The molecular weight excluding hydrogens is 468 g/mol. The number of nitrogens with one attached hydrogen (secondary N) is 1. The molecule has 0 bridgehead atoms. The van der Waals surface area contributed by atoms with Gasteiger partial charge in [0.15, 0.2) is 6.61 Å². The van der Waals surface area contributed by atoms with Crippen molar-refractivity contribution in [3.63, 3.8) is 0 Å². The Labute approximate surface area is 168 Å². The standard InChI is InChI=1S/C18H18Br2N2O4/c1-11(14-6-5-13(24-2)9-17(14)25-3)21-22-18(23)10-26-16-7-4-12(19)8-15(16)20/h4-9H,10H2,1-3H3,(H,22,23)/b21-11+. The van der Waals surface area contributed by atoms with E-state index in [1.165, 1.54) is 0 Å². The van der Waals surface area contributed by atoms with Gasteiger partial charge in [0.05, 0.1) is 24.4 Å². The molecule has 1 amide bonds. The normalized spacial score (nSPS) is 11.0. The predicted molar refractivity (Wildman–Crippen MR) is 107 cm³/mol. The Morgan fingerprint density at radius 2 is 1.85 bits per heavy atom. The van der Waals surface area contributed by atoms with Crippen LogP contribution in [-0.2, 0) is 4.79 Å². The van der Waals surface area contributed by atoms with Crippen molar-refractivity contribution in [1.29, 1.82) is 0 Å². The molecule has 2 aromatic carbocycles. The largest absolute Gasteiger partial charge is 0.497 e. The van der Waals surface area contributed by atoms with Crippen LogP contribution in [0.1, 0.15) is 12.5 Å². The van der Waals surface area contributed by atoms with Crippen molar-refractivity contribution >= 4 is 43.5 Å². The second-order valence-corrected chi connectivity index (χ2v) is 6.93. The molecule has 0 fully saturated rings. The number of nitrogens with zero attached hydrogens (tertiary/aromatic N) is 1. The molecule has 8 heteroatoms. The zero-order chi connectivity index (χ0) is 19.1. The summed E-state index contributed by atoms with van der Waals surface area (Å²) < 4.78 is 17.6. The SMILES string of the molecule is COc1ccc(/C(C)=N/NC(=O)COc2ccc(Br)cc2Br)c(OC)c1. The number of hydrazone groups is 1. The highest BCUT2D eigenvalue weighted by Crippen LogP contribution is 2.28. The number of carbonyl (C=O) groups is 1. The third kappa shape index (κ3) is 5.47. The minimum absolute atomic E-state index is 0.156. The number of methoxy groups -OCH3 is 2. The molecule has 0 radical (unpaired) electrons. The van der Waals surface area contributed by atoms with Crippen LogP contribution in [0.4, 0.5) is 0 Å². The monoisotopic (exact) mass is 484 g/mol. The van der Waals surface area contributed by atoms with Crippen LogP contribution >= 0.6 is 31.9 Å². The molecule has 0 aliphatic heterocycles. The molecule has 0 aliphatic carbocycles. The number of amides is 1. The van der Waals surface area contributed by atoms with Crippen molar-refractivity contribution in [2.45, 2.75) is 6.92 Å². The molecule has 0 spiro atoms. The van der Waals surface area contributed by atoms with Gasteiger partial charge in [-0.1, -0.05) is 15.9 Å². The molecule has 0 aliphatic rings. The van der Waals surface area contributed by atoms with Crippen molar-refractivity contribution in [2.75, 3.05) is 20.8 Å². The van der Waals surface area contributed by atoms with Gasteiger partial charge in [-0.05, 0) is 53.2 Å². The summed E-state index contributed by atoms with van der Waals surface area (Å²) >= 11 is 6.74. The van der Waals surface area contributed by atoms with Crippen LogP contribution in [-0.4, -0.2) is 32.4 Å². The zero-order valence-electron chi connectivity index (χ0n) is 14.5. The van der Waals surface area contributed by atoms with E-state index < -0.39 is 0 Å². The van der Waals surface area contributed by atoms with E-state index in [0.29, 0.717) is 23.0 Å². The number of hydrogen-bond acceptors (Lipinski definition) is 5. The van der Waals surface area contributed by atoms with Crippen molar-refractivity contribution in [1.82, 2.24) is 5.43 Å². The number of halogens is 2. The third-order valence-corrected chi connectivity index (χ3v) is 4.51. The van der Waals surface area contributed by atoms with E-state index in [0.717, 1.165) is 14.5 Å². The minimum Gasteiger partial charge on any atom is -0.497 e. The molecule has 0 unspecified atom stereocenters. The van der Waals surface area contributed by atoms with E-state index in [1.807, 2.05) is 18.2 Å². The first-order chi connectivity index (χ1) is 12.4. The van der Waals surface area contributed by atoms with Gasteiger partial charge >= 0.3 is 0 Å². The van der Waals surface area contributed by atoms with Gasteiger partial charge in [0.1, 0.15) is 17.2 Å². The maximum Gasteiger partial charge on any atom is 0.277 e.